The number of aromatic nitrogens is 2. The summed E-state index contributed by atoms with van der Waals surface area (Å²) in [5.74, 6) is -0.153. The number of nitrogens with zero attached hydrogens (tertiary/aromatic N) is 3. The number of hydrogen-bond donors (Lipinski definition) is 1. The van der Waals surface area contributed by atoms with E-state index >= 15 is 0 Å². The van der Waals surface area contributed by atoms with Crippen LogP contribution in [-0.2, 0) is 0 Å². The van der Waals surface area contributed by atoms with Gasteiger partial charge in [-0.2, -0.15) is 0 Å². The number of amides is 1. The average molecular weight is 284 g/mol. The third kappa shape index (κ3) is 3.36. The zero-order valence-electron chi connectivity index (χ0n) is 12.2. The zero-order valence-corrected chi connectivity index (χ0v) is 12.2. The number of likely N-dealkylation sites (N-methyl/N-ethyl adjacent to an activating group) is 1. The summed E-state index contributed by atoms with van der Waals surface area (Å²) >= 11 is 0. The van der Waals surface area contributed by atoms with Crippen molar-refractivity contribution in [2.24, 2.45) is 0 Å². The highest BCUT2D eigenvalue weighted by molar-refractivity contribution is 5.93. The quantitative estimate of drug-likeness (QED) is 0.879. The van der Waals surface area contributed by atoms with Crippen molar-refractivity contribution in [2.75, 3.05) is 19.6 Å². The van der Waals surface area contributed by atoms with E-state index in [4.69, 9.17) is 0 Å². The highest BCUT2D eigenvalue weighted by Crippen LogP contribution is 2.25. The molecule has 110 valence electrons. The number of benzene rings is 1. The van der Waals surface area contributed by atoms with E-state index in [-0.39, 0.29) is 5.91 Å². The van der Waals surface area contributed by atoms with Crippen LogP contribution >= 0.6 is 0 Å². The van der Waals surface area contributed by atoms with Gasteiger partial charge in [0.2, 0.25) is 0 Å². The molecule has 1 aromatic carbocycles. The second kappa shape index (κ2) is 6.18. The number of carbonyl (C=O) groups excluding carboxylic acids is 1. The Morgan fingerprint density at radius 2 is 2.10 bits per heavy atom. The molecule has 0 bridgehead atoms. The summed E-state index contributed by atoms with van der Waals surface area (Å²) in [5, 5.41) is 2.93. The van der Waals surface area contributed by atoms with E-state index in [1.54, 1.807) is 0 Å². The zero-order chi connectivity index (χ0) is 14.7. The number of carbonyl (C=O) groups is 1. The summed E-state index contributed by atoms with van der Waals surface area (Å²) < 4.78 is 0. The van der Waals surface area contributed by atoms with Gasteiger partial charge in [0, 0.05) is 19.1 Å². The minimum absolute atomic E-state index is 0.153. The molecule has 0 unspecified atom stereocenters. The lowest BCUT2D eigenvalue weighted by atomic mass is 10.3. The molecule has 0 radical (unpaired) electrons. The topological polar surface area (TPSA) is 58.1 Å². The molecule has 1 aliphatic rings. The molecule has 0 saturated heterocycles. The van der Waals surface area contributed by atoms with Gasteiger partial charge in [-0.25, -0.2) is 4.98 Å². The first-order chi connectivity index (χ1) is 10.3. The number of rotatable bonds is 6. The van der Waals surface area contributed by atoms with Gasteiger partial charge in [-0.1, -0.05) is 19.1 Å². The van der Waals surface area contributed by atoms with Gasteiger partial charge in [0.25, 0.3) is 5.91 Å². The van der Waals surface area contributed by atoms with Crippen LogP contribution < -0.4 is 5.32 Å². The third-order valence-corrected chi connectivity index (χ3v) is 3.84. The molecule has 21 heavy (non-hydrogen) atoms. The molecule has 1 aliphatic carbocycles. The van der Waals surface area contributed by atoms with Gasteiger partial charge in [0.1, 0.15) is 5.69 Å². The molecule has 1 amide bonds. The molecular weight excluding hydrogens is 264 g/mol. The SMILES string of the molecule is CCN(CCNC(=O)c1cnc2ccccc2n1)C1CC1. The maximum Gasteiger partial charge on any atom is 0.271 e. The first-order valence-corrected chi connectivity index (χ1v) is 7.52. The van der Waals surface area contributed by atoms with Crippen LogP contribution in [0.2, 0.25) is 0 Å². The van der Waals surface area contributed by atoms with Crippen molar-refractivity contribution < 1.29 is 4.79 Å². The lowest BCUT2D eigenvalue weighted by Gasteiger charge is -2.19. The second-order valence-electron chi connectivity index (χ2n) is 5.36. The summed E-state index contributed by atoms with van der Waals surface area (Å²) in [5.41, 5.74) is 1.93. The molecule has 5 nitrogen and oxygen atoms in total. The summed E-state index contributed by atoms with van der Waals surface area (Å²) in [4.78, 5) is 23.1. The van der Waals surface area contributed by atoms with Crippen molar-refractivity contribution in [1.29, 1.82) is 0 Å². The smallest absolute Gasteiger partial charge is 0.271 e. The molecule has 3 rings (SSSR count). The molecule has 1 aromatic heterocycles. The molecule has 0 spiro atoms. The predicted octanol–water partition coefficient (Wildman–Crippen LogP) is 1.84. The lowest BCUT2D eigenvalue weighted by molar-refractivity contribution is 0.0943. The van der Waals surface area contributed by atoms with Gasteiger partial charge < -0.3 is 5.32 Å². The van der Waals surface area contributed by atoms with Crippen molar-refractivity contribution in [3.63, 3.8) is 0 Å². The van der Waals surface area contributed by atoms with E-state index in [1.807, 2.05) is 24.3 Å². The van der Waals surface area contributed by atoms with E-state index in [2.05, 4.69) is 27.1 Å². The molecule has 1 N–H and O–H groups in total. The van der Waals surface area contributed by atoms with Crippen LogP contribution in [-0.4, -0.2) is 46.5 Å². The Balaban J connectivity index is 1.58. The number of hydrogen-bond acceptors (Lipinski definition) is 4. The normalized spacial score (nSPS) is 14.6. The Labute approximate surface area is 124 Å². The number of fused-ring (bicyclic) bond motifs is 1. The summed E-state index contributed by atoms with van der Waals surface area (Å²) in [6, 6.07) is 8.29. The molecule has 2 aromatic rings. The van der Waals surface area contributed by atoms with E-state index in [1.165, 1.54) is 19.0 Å². The summed E-state index contributed by atoms with van der Waals surface area (Å²) in [6.07, 6.45) is 4.12. The monoisotopic (exact) mass is 284 g/mol. The number of para-hydroxylation sites is 2. The van der Waals surface area contributed by atoms with E-state index in [0.717, 1.165) is 30.2 Å². The molecule has 0 aliphatic heterocycles. The first kappa shape index (κ1) is 13.9. The fraction of sp³-hybridized carbons (Fsp3) is 0.438. The predicted molar refractivity (Wildman–Crippen MR) is 82.1 cm³/mol. The summed E-state index contributed by atoms with van der Waals surface area (Å²) in [7, 11) is 0. The molecule has 1 heterocycles. The third-order valence-electron chi connectivity index (χ3n) is 3.84. The Hall–Kier alpha value is -2.01. The van der Waals surface area contributed by atoms with Crippen LogP contribution in [0.5, 0.6) is 0 Å². The van der Waals surface area contributed by atoms with Crippen molar-refractivity contribution in [3.8, 4) is 0 Å². The van der Waals surface area contributed by atoms with Crippen molar-refractivity contribution in [1.82, 2.24) is 20.2 Å². The Morgan fingerprint density at radius 1 is 1.33 bits per heavy atom. The van der Waals surface area contributed by atoms with Crippen LogP contribution in [0.3, 0.4) is 0 Å². The summed E-state index contributed by atoms with van der Waals surface area (Å²) in [6.45, 7) is 4.75. The van der Waals surface area contributed by atoms with Crippen molar-refractivity contribution >= 4 is 16.9 Å². The Kier molecular flexibility index (Phi) is 4.10. The fourth-order valence-electron chi connectivity index (χ4n) is 2.51. The average Bonchev–Trinajstić information content (AvgIpc) is 3.35. The minimum Gasteiger partial charge on any atom is -0.349 e. The highest BCUT2D eigenvalue weighted by atomic mass is 16.1. The molecular formula is C16H20N4O. The largest absolute Gasteiger partial charge is 0.349 e. The van der Waals surface area contributed by atoms with Gasteiger partial charge in [0.15, 0.2) is 0 Å². The molecule has 5 heteroatoms. The standard InChI is InChI=1S/C16H20N4O/c1-2-20(12-7-8-12)10-9-17-16(21)15-11-18-13-5-3-4-6-14(13)19-15/h3-6,11-12H,2,7-10H2,1H3,(H,17,21). The maximum atomic E-state index is 12.1. The lowest BCUT2D eigenvalue weighted by Crippen LogP contribution is -2.36. The van der Waals surface area contributed by atoms with Gasteiger partial charge in [-0.15, -0.1) is 0 Å². The second-order valence-corrected chi connectivity index (χ2v) is 5.36. The van der Waals surface area contributed by atoms with E-state index < -0.39 is 0 Å². The van der Waals surface area contributed by atoms with Crippen LogP contribution in [0.4, 0.5) is 0 Å². The Morgan fingerprint density at radius 3 is 2.81 bits per heavy atom. The van der Waals surface area contributed by atoms with Gasteiger partial charge in [-0.3, -0.25) is 14.7 Å². The van der Waals surface area contributed by atoms with Crippen LogP contribution in [0.25, 0.3) is 11.0 Å². The minimum atomic E-state index is -0.153. The van der Waals surface area contributed by atoms with Crippen molar-refractivity contribution in [3.05, 3.63) is 36.2 Å². The van der Waals surface area contributed by atoms with Gasteiger partial charge in [-0.05, 0) is 31.5 Å². The van der Waals surface area contributed by atoms with Crippen LogP contribution in [0.1, 0.15) is 30.3 Å². The van der Waals surface area contributed by atoms with E-state index in [0.29, 0.717) is 12.2 Å². The van der Waals surface area contributed by atoms with Gasteiger partial charge in [0.05, 0.1) is 17.2 Å². The maximum absolute atomic E-state index is 12.1. The highest BCUT2D eigenvalue weighted by Gasteiger charge is 2.27. The Bertz CT molecular complexity index is 639. The van der Waals surface area contributed by atoms with Crippen molar-refractivity contribution in [2.45, 2.75) is 25.8 Å². The van der Waals surface area contributed by atoms with Crippen LogP contribution in [0.15, 0.2) is 30.5 Å². The first-order valence-electron chi connectivity index (χ1n) is 7.52. The molecule has 0 atom stereocenters. The molecule has 1 fully saturated rings. The van der Waals surface area contributed by atoms with Crippen LogP contribution in [0, 0.1) is 0 Å². The molecule has 1 saturated carbocycles. The number of nitrogens with one attached hydrogen (secondary N) is 1. The van der Waals surface area contributed by atoms with Gasteiger partial charge >= 0.3 is 0 Å². The van der Waals surface area contributed by atoms with E-state index in [9.17, 15) is 4.79 Å². The fourth-order valence-corrected chi connectivity index (χ4v) is 2.51.